The first-order chi connectivity index (χ1) is 8.67. The van der Waals surface area contributed by atoms with Crippen LogP contribution in [-0.2, 0) is 10.0 Å². The van der Waals surface area contributed by atoms with Crippen LogP contribution in [0.2, 0.25) is 0 Å². The molecule has 1 fully saturated rings. The summed E-state index contributed by atoms with van der Waals surface area (Å²) in [6.07, 6.45) is 5.63. The zero-order valence-corrected chi connectivity index (χ0v) is 10.9. The Labute approximate surface area is 107 Å². The Bertz CT molecular complexity index is 587. The fraction of sp³-hybridized carbons (Fsp3) is 0.462. The topological polar surface area (TPSA) is 58.5 Å². The lowest BCUT2D eigenvalue weighted by molar-refractivity contribution is 0.434. The molecule has 5 heteroatoms. The largest absolute Gasteiger partial charge is 0.267 e. The van der Waals surface area contributed by atoms with Crippen molar-refractivity contribution in [2.75, 3.05) is 0 Å². The summed E-state index contributed by atoms with van der Waals surface area (Å²) in [5.74, 6) is 0.898. The van der Waals surface area contributed by atoms with Crippen LogP contribution in [-0.4, -0.2) is 14.3 Å². The number of amidine groups is 1. The van der Waals surface area contributed by atoms with Crippen molar-refractivity contribution in [1.82, 2.24) is 4.72 Å². The average Bonchev–Trinajstić information content (AvgIpc) is 2.39. The highest BCUT2D eigenvalue weighted by atomic mass is 32.2. The molecule has 1 N–H and O–H groups in total. The smallest absolute Gasteiger partial charge is 0.264 e. The standard InChI is InChI=1S/C13H16N2O2S/c16-18(17)12-9-5-4-8-11(12)14-13(15-18)10-6-2-1-3-7-10/h4-5,8-10H,1-3,6-7H2,(H,14,15). The van der Waals surface area contributed by atoms with Crippen molar-refractivity contribution in [3.05, 3.63) is 24.3 Å². The first-order valence-electron chi connectivity index (χ1n) is 6.37. The number of rotatable bonds is 1. The molecule has 3 rings (SSSR count). The minimum atomic E-state index is -3.42. The van der Waals surface area contributed by atoms with E-state index in [1.807, 2.05) is 6.07 Å². The fourth-order valence-corrected chi connectivity index (χ4v) is 3.92. The van der Waals surface area contributed by atoms with Gasteiger partial charge in [0.15, 0.2) is 0 Å². The van der Waals surface area contributed by atoms with Crippen molar-refractivity contribution >= 4 is 21.5 Å². The maximum Gasteiger partial charge on any atom is 0.264 e. The van der Waals surface area contributed by atoms with Crippen molar-refractivity contribution in [3.63, 3.8) is 0 Å². The average molecular weight is 264 g/mol. The molecule has 1 heterocycles. The molecule has 0 aromatic heterocycles. The molecule has 0 saturated heterocycles. The van der Waals surface area contributed by atoms with Crippen LogP contribution in [0.4, 0.5) is 5.69 Å². The molecular weight excluding hydrogens is 248 g/mol. The van der Waals surface area contributed by atoms with Crippen molar-refractivity contribution in [2.45, 2.75) is 37.0 Å². The Morgan fingerprint density at radius 1 is 1.11 bits per heavy atom. The SMILES string of the molecule is O=S1(=O)NC(C2CCCCC2)=Nc2ccccc21. The second-order valence-electron chi connectivity index (χ2n) is 4.91. The Morgan fingerprint density at radius 2 is 1.83 bits per heavy atom. The van der Waals surface area contributed by atoms with Crippen LogP contribution in [0.3, 0.4) is 0 Å². The van der Waals surface area contributed by atoms with E-state index in [1.54, 1.807) is 18.2 Å². The third kappa shape index (κ3) is 2.03. The molecule has 0 spiro atoms. The van der Waals surface area contributed by atoms with E-state index < -0.39 is 10.0 Å². The van der Waals surface area contributed by atoms with Crippen molar-refractivity contribution in [2.24, 2.45) is 10.9 Å². The van der Waals surface area contributed by atoms with Crippen LogP contribution in [0.15, 0.2) is 34.2 Å². The second-order valence-corrected chi connectivity index (χ2v) is 6.56. The van der Waals surface area contributed by atoms with Gasteiger partial charge < -0.3 is 0 Å². The summed E-state index contributed by atoms with van der Waals surface area (Å²) in [7, 11) is -3.42. The van der Waals surface area contributed by atoms with Gasteiger partial charge in [-0.15, -0.1) is 0 Å². The summed E-state index contributed by atoms with van der Waals surface area (Å²) in [5.41, 5.74) is 0.567. The van der Waals surface area contributed by atoms with E-state index in [2.05, 4.69) is 9.71 Å². The normalized spacial score (nSPS) is 22.8. The van der Waals surface area contributed by atoms with Crippen LogP contribution in [0, 0.1) is 5.92 Å². The van der Waals surface area contributed by atoms with Gasteiger partial charge in [0.05, 0.1) is 5.69 Å². The van der Waals surface area contributed by atoms with Crippen LogP contribution in [0.5, 0.6) is 0 Å². The molecule has 96 valence electrons. The van der Waals surface area contributed by atoms with Crippen LogP contribution in [0.1, 0.15) is 32.1 Å². The number of fused-ring (bicyclic) bond motifs is 1. The molecule has 2 aliphatic rings. The van der Waals surface area contributed by atoms with E-state index >= 15 is 0 Å². The predicted molar refractivity (Wildman–Crippen MR) is 70.4 cm³/mol. The zero-order valence-electron chi connectivity index (χ0n) is 10.1. The van der Waals surface area contributed by atoms with Crippen molar-refractivity contribution in [3.8, 4) is 0 Å². The third-order valence-corrected chi connectivity index (χ3v) is 5.03. The molecule has 0 unspecified atom stereocenters. The maximum absolute atomic E-state index is 12.1. The molecule has 0 atom stereocenters. The van der Waals surface area contributed by atoms with Gasteiger partial charge >= 0.3 is 0 Å². The van der Waals surface area contributed by atoms with E-state index in [1.165, 1.54) is 6.42 Å². The molecule has 1 aliphatic carbocycles. The molecular formula is C13H16N2O2S. The number of nitrogens with zero attached hydrogens (tertiary/aromatic N) is 1. The Balaban J connectivity index is 2.01. The molecule has 1 aromatic rings. The highest BCUT2D eigenvalue weighted by Crippen LogP contribution is 2.32. The zero-order chi connectivity index (χ0) is 12.6. The van der Waals surface area contributed by atoms with Gasteiger partial charge in [-0.1, -0.05) is 31.4 Å². The van der Waals surface area contributed by atoms with Gasteiger partial charge in [-0.3, -0.25) is 4.72 Å². The lowest BCUT2D eigenvalue weighted by Crippen LogP contribution is -2.38. The quantitative estimate of drug-likeness (QED) is 0.847. The van der Waals surface area contributed by atoms with Crippen molar-refractivity contribution in [1.29, 1.82) is 0 Å². The first kappa shape index (κ1) is 11.7. The highest BCUT2D eigenvalue weighted by Gasteiger charge is 2.29. The minimum absolute atomic E-state index is 0.266. The van der Waals surface area contributed by atoms with E-state index in [4.69, 9.17) is 0 Å². The number of sulfonamides is 1. The number of benzene rings is 1. The van der Waals surface area contributed by atoms with E-state index in [0.717, 1.165) is 25.7 Å². The number of nitrogens with one attached hydrogen (secondary N) is 1. The first-order valence-corrected chi connectivity index (χ1v) is 7.85. The van der Waals surface area contributed by atoms with Crippen LogP contribution < -0.4 is 4.72 Å². The summed E-state index contributed by atoms with van der Waals surface area (Å²) in [5, 5.41) is 0. The molecule has 0 amide bonds. The summed E-state index contributed by atoms with van der Waals surface area (Å²) in [6.45, 7) is 0. The summed E-state index contributed by atoms with van der Waals surface area (Å²) < 4.78 is 26.9. The summed E-state index contributed by atoms with van der Waals surface area (Å²) in [4.78, 5) is 4.77. The number of para-hydroxylation sites is 1. The number of aliphatic imine (C=N–C) groups is 1. The number of hydrogen-bond acceptors (Lipinski definition) is 3. The Morgan fingerprint density at radius 3 is 2.61 bits per heavy atom. The maximum atomic E-state index is 12.1. The number of hydrogen-bond donors (Lipinski definition) is 1. The van der Waals surface area contributed by atoms with E-state index in [9.17, 15) is 8.42 Å². The molecule has 1 aromatic carbocycles. The molecule has 1 aliphatic heterocycles. The van der Waals surface area contributed by atoms with Crippen LogP contribution in [0.25, 0.3) is 0 Å². The van der Waals surface area contributed by atoms with Crippen molar-refractivity contribution < 1.29 is 8.42 Å². The minimum Gasteiger partial charge on any atom is -0.267 e. The Kier molecular flexibility index (Phi) is 2.86. The van der Waals surface area contributed by atoms with Crippen LogP contribution >= 0.6 is 0 Å². The predicted octanol–water partition coefficient (Wildman–Crippen LogP) is 2.59. The van der Waals surface area contributed by atoms with Gasteiger partial charge in [-0.2, -0.15) is 0 Å². The molecule has 18 heavy (non-hydrogen) atoms. The second kappa shape index (κ2) is 4.39. The summed E-state index contributed by atoms with van der Waals surface area (Å²) in [6, 6.07) is 6.90. The lowest BCUT2D eigenvalue weighted by atomic mass is 9.88. The van der Waals surface area contributed by atoms with E-state index in [-0.39, 0.29) is 10.8 Å². The van der Waals surface area contributed by atoms with Gasteiger partial charge in [-0.25, -0.2) is 13.4 Å². The van der Waals surface area contributed by atoms with E-state index in [0.29, 0.717) is 11.5 Å². The highest BCUT2D eigenvalue weighted by molar-refractivity contribution is 7.90. The van der Waals surface area contributed by atoms with Gasteiger partial charge in [0, 0.05) is 5.92 Å². The fourth-order valence-electron chi connectivity index (χ4n) is 2.67. The molecule has 0 bridgehead atoms. The molecule has 1 saturated carbocycles. The Hall–Kier alpha value is -1.36. The van der Waals surface area contributed by atoms with Gasteiger partial charge in [0.2, 0.25) is 0 Å². The molecule has 0 radical (unpaired) electrons. The van der Waals surface area contributed by atoms with Gasteiger partial charge in [-0.05, 0) is 25.0 Å². The van der Waals surface area contributed by atoms with Gasteiger partial charge in [0.1, 0.15) is 10.7 Å². The monoisotopic (exact) mass is 264 g/mol. The van der Waals surface area contributed by atoms with Gasteiger partial charge in [0.25, 0.3) is 10.0 Å². The summed E-state index contributed by atoms with van der Waals surface area (Å²) >= 11 is 0. The molecule has 4 nitrogen and oxygen atoms in total. The third-order valence-electron chi connectivity index (χ3n) is 3.63. The lowest BCUT2D eigenvalue weighted by Gasteiger charge is -2.26.